The van der Waals surface area contributed by atoms with Gasteiger partial charge < -0.3 is 0 Å². The van der Waals surface area contributed by atoms with Crippen LogP contribution >= 0.6 is 0 Å². The fraction of sp³-hybridized carbons (Fsp3) is 0.312. The second kappa shape index (κ2) is 9.74. The van der Waals surface area contributed by atoms with Crippen LogP contribution in [0.15, 0.2) is 97.1 Å². The highest BCUT2D eigenvalue weighted by Gasteiger charge is 2.29. The maximum atomic E-state index is 4.13. The molecule has 0 saturated carbocycles. The Morgan fingerprint density at radius 2 is 1.72 bits per heavy atom. The van der Waals surface area contributed by atoms with Gasteiger partial charge in [0.05, 0.1) is 0 Å². The molecule has 4 atom stereocenters. The lowest BCUT2D eigenvalue weighted by atomic mass is 9.71. The van der Waals surface area contributed by atoms with E-state index < -0.39 is 0 Å². The molecule has 0 nitrogen and oxygen atoms in total. The highest BCUT2D eigenvalue weighted by molar-refractivity contribution is 5.81. The predicted octanol–water partition coefficient (Wildman–Crippen LogP) is 8.86. The molecule has 4 unspecified atom stereocenters. The summed E-state index contributed by atoms with van der Waals surface area (Å²) in [5, 5.41) is 0. The molecule has 164 valence electrons. The number of hydrogen-bond donors (Lipinski definition) is 0. The maximum Gasteiger partial charge on any atom is 0.0124 e. The van der Waals surface area contributed by atoms with Crippen molar-refractivity contribution in [2.75, 3.05) is 0 Å². The van der Waals surface area contributed by atoms with E-state index in [0.29, 0.717) is 23.7 Å². The smallest absolute Gasteiger partial charge is 0.0124 e. The summed E-state index contributed by atoms with van der Waals surface area (Å²) in [5.74, 6) is 1.72. The third-order valence-electron chi connectivity index (χ3n) is 7.43. The molecule has 2 aliphatic carbocycles. The van der Waals surface area contributed by atoms with Crippen LogP contribution in [0.5, 0.6) is 0 Å². The largest absolute Gasteiger partial charge is 0.102 e. The highest BCUT2D eigenvalue weighted by Crippen LogP contribution is 2.44. The van der Waals surface area contributed by atoms with Crippen LogP contribution in [0.4, 0.5) is 0 Å². The van der Waals surface area contributed by atoms with Crippen LogP contribution in [0.2, 0.25) is 0 Å². The summed E-state index contributed by atoms with van der Waals surface area (Å²) < 4.78 is 0. The molecule has 0 heterocycles. The molecule has 2 aliphatic rings. The molecule has 2 aromatic carbocycles. The molecular formula is C32H36. The van der Waals surface area contributed by atoms with Crippen molar-refractivity contribution < 1.29 is 0 Å². The third kappa shape index (κ3) is 4.24. The quantitative estimate of drug-likeness (QED) is 0.409. The van der Waals surface area contributed by atoms with E-state index in [9.17, 15) is 0 Å². The van der Waals surface area contributed by atoms with Gasteiger partial charge in [-0.1, -0.05) is 91.9 Å². The molecule has 4 rings (SSSR count). The molecule has 0 aromatic heterocycles. The lowest BCUT2D eigenvalue weighted by Crippen LogP contribution is -2.19. The van der Waals surface area contributed by atoms with Crippen LogP contribution in [-0.2, 0) is 0 Å². The molecule has 0 bridgehead atoms. The Balaban J connectivity index is 1.78. The predicted molar refractivity (Wildman–Crippen MR) is 140 cm³/mol. The molecule has 32 heavy (non-hydrogen) atoms. The molecule has 0 spiro atoms. The lowest BCUT2D eigenvalue weighted by Gasteiger charge is -2.33. The van der Waals surface area contributed by atoms with Gasteiger partial charge >= 0.3 is 0 Å². The van der Waals surface area contributed by atoms with Crippen LogP contribution in [0, 0.1) is 25.7 Å². The number of benzene rings is 2. The Labute approximate surface area is 194 Å². The van der Waals surface area contributed by atoms with Gasteiger partial charge in [-0.2, -0.15) is 0 Å². The van der Waals surface area contributed by atoms with E-state index >= 15 is 0 Å². The molecular weight excluding hydrogens is 384 g/mol. The van der Waals surface area contributed by atoms with E-state index in [1.165, 1.54) is 39.0 Å². The lowest BCUT2D eigenvalue weighted by molar-refractivity contribution is 0.487. The van der Waals surface area contributed by atoms with Crippen LogP contribution in [0.25, 0.3) is 5.57 Å². The zero-order valence-electron chi connectivity index (χ0n) is 20.0. The first-order chi connectivity index (χ1) is 15.5. The molecule has 0 saturated heterocycles. The third-order valence-corrected chi connectivity index (χ3v) is 7.43. The maximum absolute atomic E-state index is 4.13. The molecule has 2 aromatic rings. The second-order valence-electron chi connectivity index (χ2n) is 9.38. The van der Waals surface area contributed by atoms with E-state index in [1.807, 2.05) is 0 Å². The van der Waals surface area contributed by atoms with Gasteiger partial charge in [-0.15, -0.1) is 6.58 Å². The minimum Gasteiger partial charge on any atom is -0.102 e. The van der Waals surface area contributed by atoms with Crippen molar-refractivity contribution in [2.45, 2.75) is 52.4 Å². The van der Waals surface area contributed by atoms with Gasteiger partial charge in [-0.25, -0.2) is 0 Å². The number of rotatable bonds is 6. The van der Waals surface area contributed by atoms with E-state index in [-0.39, 0.29) is 0 Å². The van der Waals surface area contributed by atoms with Gasteiger partial charge in [0, 0.05) is 11.8 Å². The Hall–Kier alpha value is -2.86. The fourth-order valence-corrected chi connectivity index (χ4v) is 5.67. The molecule has 0 aliphatic heterocycles. The topological polar surface area (TPSA) is 0 Å². The fourth-order valence-electron chi connectivity index (χ4n) is 5.67. The first-order valence-corrected chi connectivity index (χ1v) is 12.1. The average Bonchev–Trinajstić information content (AvgIpc) is 2.81. The molecule has 0 N–H and O–H groups in total. The van der Waals surface area contributed by atoms with Gasteiger partial charge in [0.1, 0.15) is 0 Å². The van der Waals surface area contributed by atoms with Crippen molar-refractivity contribution in [1.82, 2.24) is 0 Å². The van der Waals surface area contributed by atoms with Gasteiger partial charge in [-0.3, -0.25) is 0 Å². The minimum atomic E-state index is 0.351. The first-order valence-electron chi connectivity index (χ1n) is 12.1. The van der Waals surface area contributed by atoms with Crippen LogP contribution in [0.3, 0.4) is 0 Å². The first kappa shape index (κ1) is 22.3. The average molecular weight is 421 g/mol. The minimum absolute atomic E-state index is 0.351. The SMILES string of the molecule is C=CC1C=CC=CC1c1c(C)cccc1C(CC)C1C=C(c2ccccc2C)C(C)=CC1. The standard InChI is InChI=1S/C32H36/c1-6-25-15-9-11-17-29(25)32-24(5)14-12-18-30(32)27(7-2)26-20-19-23(4)31(21-26)28-16-10-8-13-22(28)3/h6,8-19,21,25-27,29H,1,7,20H2,2-5H3. The normalized spacial score (nSPS) is 23.4. The summed E-state index contributed by atoms with van der Waals surface area (Å²) in [6.45, 7) is 13.2. The molecule has 0 fully saturated rings. The van der Waals surface area contributed by atoms with Crippen molar-refractivity contribution in [1.29, 1.82) is 0 Å². The Kier molecular flexibility index (Phi) is 6.80. The zero-order valence-corrected chi connectivity index (χ0v) is 20.0. The summed E-state index contributed by atoms with van der Waals surface area (Å²) >= 11 is 0. The number of allylic oxidation sites excluding steroid dienone is 9. The summed E-state index contributed by atoms with van der Waals surface area (Å²) in [5.41, 5.74) is 9.95. The van der Waals surface area contributed by atoms with E-state index in [2.05, 4.69) is 119 Å². The van der Waals surface area contributed by atoms with E-state index in [0.717, 1.165) is 12.8 Å². The molecule has 0 radical (unpaired) electrons. The summed E-state index contributed by atoms with van der Waals surface area (Å²) in [4.78, 5) is 0. The van der Waals surface area contributed by atoms with Crippen LogP contribution in [-0.4, -0.2) is 0 Å². The van der Waals surface area contributed by atoms with Crippen molar-refractivity contribution in [3.05, 3.63) is 125 Å². The van der Waals surface area contributed by atoms with Crippen molar-refractivity contribution in [2.24, 2.45) is 11.8 Å². The Bertz CT molecular complexity index is 1100. The van der Waals surface area contributed by atoms with Gasteiger partial charge in [-0.05, 0) is 84.4 Å². The zero-order chi connectivity index (χ0) is 22.7. The summed E-state index contributed by atoms with van der Waals surface area (Å²) in [7, 11) is 0. The van der Waals surface area contributed by atoms with Crippen molar-refractivity contribution >= 4 is 5.57 Å². The molecule has 0 heteroatoms. The summed E-state index contributed by atoms with van der Waals surface area (Å²) in [6, 6.07) is 15.7. The summed E-state index contributed by atoms with van der Waals surface area (Å²) in [6.07, 6.45) is 18.4. The molecule has 0 amide bonds. The van der Waals surface area contributed by atoms with E-state index in [1.54, 1.807) is 0 Å². The van der Waals surface area contributed by atoms with Crippen LogP contribution in [0.1, 0.15) is 66.3 Å². The van der Waals surface area contributed by atoms with Gasteiger partial charge in [0.25, 0.3) is 0 Å². The van der Waals surface area contributed by atoms with Crippen molar-refractivity contribution in [3.63, 3.8) is 0 Å². The number of hydrogen-bond acceptors (Lipinski definition) is 0. The van der Waals surface area contributed by atoms with Gasteiger partial charge in [0.2, 0.25) is 0 Å². The number of aryl methyl sites for hydroxylation is 2. The Morgan fingerprint density at radius 3 is 2.47 bits per heavy atom. The van der Waals surface area contributed by atoms with E-state index in [4.69, 9.17) is 0 Å². The Morgan fingerprint density at radius 1 is 0.969 bits per heavy atom. The van der Waals surface area contributed by atoms with Gasteiger partial charge in [0.15, 0.2) is 0 Å². The highest BCUT2D eigenvalue weighted by atomic mass is 14.3. The van der Waals surface area contributed by atoms with Crippen molar-refractivity contribution in [3.8, 4) is 0 Å². The van der Waals surface area contributed by atoms with Crippen LogP contribution < -0.4 is 0 Å². The monoisotopic (exact) mass is 420 g/mol. The second-order valence-corrected chi connectivity index (χ2v) is 9.38.